The summed E-state index contributed by atoms with van der Waals surface area (Å²) in [7, 11) is 2.29. The van der Waals surface area contributed by atoms with Crippen LogP contribution in [-0.2, 0) is 6.42 Å². The smallest absolute Gasteiger partial charge is 0.0864 e. The topological polar surface area (TPSA) is 22.3 Å². The van der Waals surface area contributed by atoms with Gasteiger partial charge in [-0.3, -0.25) is 4.90 Å². The minimum absolute atomic E-state index is 0.503. The van der Waals surface area contributed by atoms with E-state index in [0.717, 1.165) is 37.2 Å². The first kappa shape index (κ1) is 16.4. The normalized spacial score (nSPS) is 23.6. The average Bonchev–Trinajstić information content (AvgIpc) is 2.91. The van der Waals surface area contributed by atoms with Crippen LogP contribution < -0.4 is 0 Å². The van der Waals surface area contributed by atoms with E-state index in [2.05, 4.69) is 75.9 Å². The highest BCUT2D eigenvalue weighted by atomic mass is 79.9. The number of H-pyrrole nitrogens is 1. The third kappa shape index (κ3) is 2.56. The van der Waals surface area contributed by atoms with E-state index in [1.807, 2.05) is 0 Å². The maximum Gasteiger partial charge on any atom is 0.0864 e. The fourth-order valence-corrected chi connectivity index (χ4v) is 5.10. The van der Waals surface area contributed by atoms with Crippen molar-refractivity contribution >= 4 is 32.4 Å². The van der Waals surface area contributed by atoms with Gasteiger partial charge in [-0.2, -0.15) is 0 Å². The van der Waals surface area contributed by atoms with E-state index in [1.54, 1.807) is 0 Å². The monoisotopic (exact) mass is 387 g/mol. The highest BCUT2D eigenvalue weighted by Crippen LogP contribution is 2.43. The molecule has 0 radical (unpaired) electrons. The fourth-order valence-electron chi connectivity index (χ4n) is 4.52. The van der Waals surface area contributed by atoms with Crippen LogP contribution in [0.4, 0.5) is 0 Å². The molecule has 1 N–H and O–H groups in total. The SMILES string of the molecule is CCN(CC)C[C@H]1C=C2c3cccc4[nH]c(Br)c(c34)C[C@H]2N(C)C1. The zero-order chi connectivity index (χ0) is 16.8. The van der Waals surface area contributed by atoms with Gasteiger partial charge in [0.15, 0.2) is 0 Å². The second-order valence-electron chi connectivity index (χ2n) is 7.17. The van der Waals surface area contributed by atoms with Crippen molar-refractivity contribution in [1.29, 1.82) is 0 Å². The molecule has 4 rings (SSSR count). The molecule has 1 aromatic heterocycles. The van der Waals surface area contributed by atoms with E-state index in [4.69, 9.17) is 0 Å². The van der Waals surface area contributed by atoms with Gasteiger partial charge in [-0.25, -0.2) is 0 Å². The molecule has 2 aromatic rings. The van der Waals surface area contributed by atoms with Crippen LogP contribution in [-0.4, -0.2) is 54.1 Å². The number of benzene rings is 1. The van der Waals surface area contributed by atoms with Crippen LogP contribution in [0.15, 0.2) is 28.9 Å². The van der Waals surface area contributed by atoms with Gasteiger partial charge in [0.2, 0.25) is 0 Å². The largest absolute Gasteiger partial charge is 0.349 e. The average molecular weight is 388 g/mol. The summed E-state index contributed by atoms with van der Waals surface area (Å²) in [6.07, 6.45) is 3.67. The Morgan fingerprint density at radius 2 is 2.08 bits per heavy atom. The molecule has 1 aromatic carbocycles. The summed E-state index contributed by atoms with van der Waals surface area (Å²) in [5, 5.41) is 1.42. The van der Waals surface area contributed by atoms with Crippen LogP contribution in [0.25, 0.3) is 16.5 Å². The van der Waals surface area contributed by atoms with E-state index in [9.17, 15) is 0 Å². The number of hydrogen-bond donors (Lipinski definition) is 1. The fraction of sp³-hybridized carbons (Fsp3) is 0.500. The molecule has 2 aliphatic rings. The number of nitrogens with zero attached hydrogens (tertiary/aromatic N) is 2. The highest BCUT2D eigenvalue weighted by molar-refractivity contribution is 9.10. The van der Waals surface area contributed by atoms with Crippen molar-refractivity contribution in [2.75, 3.05) is 33.2 Å². The van der Waals surface area contributed by atoms with Crippen molar-refractivity contribution in [2.45, 2.75) is 26.3 Å². The Balaban J connectivity index is 1.78. The van der Waals surface area contributed by atoms with E-state index in [0.29, 0.717) is 12.0 Å². The van der Waals surface area contributed by atoms with E-state index in [-0.39, 0.29) is 0 Å². The molecule has 2 heterocycles. The molecule has 1 aliphatic heterocycles. The quantitative estimate of drug-likeness (QED) is 0.851. The first-order valence-electron chi connectivity index (χ1n) is 9.06. The standard InChI is InChI=1S/C20H26BrN3/c1-4-24(5-2)12-13-9-15-14-7-6-8-17-19(14)16(20(21)22-17)10-18(15)23(3)11-13/h6-9,13,18,22H,4-5,10-12H2,1-3H3/t13-,18+/m0/s1. The van der Waals surface area contributed by atoms with Gasteiger partial charge < -0.3 is 9.88 Å². The third-order valence-corrected chi connectivity index (χ3v) is 6.48. The Labute approximate surface area is 152 Å². The number of aromatic amines is 1. The van der Waals surface area contributed by atoms with Crippen LogP contribution >= 0.6 is 15.9 Å². The minimum atomic E-state index is 0.503. The number of nitrogens with one attached hydrogen (secondary N) is 1. The van der Waals surface area contributed by atoms with Crippen molar-refractivity contribution in [3.63, 3.8) is 0 Å². The number of likely N-dealkylation sites (N-methyl/N-ethyl adjacent to an activating group) is 1. The highest BCUT2D eigenvalue weighted by Gasteiger charge is 2.34. The minimum Gasteiger partial charge on any atom is -0.349 e. The molecular weight excluding hydrogens is 362 g/mol. The second-order valence-corrected chi connectivity index (χ2v) is 7.97. The molecule has 128 valence electrons. The molecule has 0 saturated carbocycles. The molecule has 0 unspecified atom stereocenters. The number of rotatable bonds is 4. The van der Waals surface area contributed by atoms with Gasteiger partial charge in [0.05, 0.1) is 4.60 Å². The van der Waals surface area contributed by atoms with Crippen molar-refractivity contribution in [3.8, 4) is 0 Å². The zero-order valence-electron chi connectivity index (χ0n) is 14.8. The third-order valence-electron chi connectivity index (χ3n) is 5.80. The van der Waals surface area contributed by atoms with E-state index < -0.39 is 0 Å². The Morgan fingerprint density at radius 1 is 1.29 bits per heavy atom. The van der Waals surface area contributed by atoms with Gasteiger partial charge in [-0.05, 0) is 65.3 Å². The molecule has 2 atom stereocenters. The summed E-state index contributed by atoms with van der Waals surface area (Å²) in [5.74, 6) is 0.611. The lowest BCUT2D eigenvalue weighted by molar-refractivity contribution is 0.198. The molecule has 0 spiro atoms. The lowest BCUT2D eigenvalue weighted by Gasteiger charge is -2.41. The maximum absolute atomic E-state index is 3.74. The Kier molecular flexibility index (Phi) is 4.31. The van der Waals surface area contributed by atoms with Crippen LogP contribution in [0, 0.1) is 5.92 Å². The van der Waals surface area contributed by atoms with Gasteiger partial charge in [0, 0.05) is 36.0 Å². The zero-order valence-corrected chi connectivity index (χ0v) is 16.4. The van der Waals surface area contributed by atoms with Crippen LogP contribution in [0.5, 0.6) is 0 Å². The van der Waals surface area contributed by atoms with Crippen molar-refractivity contribution < 1.29 is 0 Å². The molecule has 0 bridgehead atoms. The number of hydrogen-bond acceptors (Lipinski definition) is 2. The Bertz CT molecular complexity index is 788. The number of fused-ring (bicyclic) bond motifs is 2. The predicted octanol–water partition coefficient (Wildman–Crippen LogP) is 4.14. The maximum atomic E-state index is 3.74. The lowest BCUT2D eigenvalue weighted by atomic mass is 9.80. The molecule has 4 heteroatoms. The summed E-state index contributed by atoms with van der Waals surface area (Å²) in [6, 6.07) is 7.18. The van der Waals surface area contributed by atoms with Gasteiger partial charge in [-0.15, -0.1) is 0 Å². The molecule has 1 aliphatic carbocycles. The molecule has 0 saturated heterocycles. The summed E-state index contributed by atoms with van der Waals surface area (Å²) in [5.41, 5.74) is 5.65. The first-order chi connectivity index (χ1) is 11.6. The van der Waals surface area contributed by atoms with Crippen molar-refractivity contribution in [2.24, 2.45) is 5.92 Å². The van der Waals surface area contributed by atoms with E-state index >= 15 is 0 Å². The molecular formula is C20H26BrN3. The number of halogens is 1. The van der Waals surface area contributed by atoms with Gasteiger partial charge in [0.25, 0.3) is 0 Å². The second kappa shape index (κ2) is 6.32. The Hall–Kier alpha value is -1.10. The van der Waals surface area contributed by atoms with Crippen LogP contribution in [0.1, 0.15) is 25.0 Å². The van der Waals surface area contributed by atoms with Crippen molar-refractivity contribution in [3.05, 3.63) is 40.0 Å². The summed E-state index contributed by atoms with van der Waals surface area (Å²) in [4.78, 5) is 8.61. The van der Waals surface area contributed by atoms with Crippen molar-refractivity contribution in [1.82, 2.24) is 14.8 Å². The van der Waals surface area contributed by atoms with Crippen LogP contribution in [0.3, 0.4) is 0 Å². The summed E-state index contributed by atoms with van der Waals surface area (Å²) in [6.45, 7) is 9.10. The van der Waals surface area contributed by atoms with Crippen LogP contribution in [0.2, 0.25) is 0 Å². The summed E-state index contributed by atoms with van der Waals surface area (Å²) >= 11 is 3.74. The van der Waals surface area contributed by atoms with E-state index in [1.165, 1.54) is 27.6 Å². The number of aromatic nitrogens is 1. The lowest BCUT2D eigenvalue weighted by Crippen LogP contribution is -2.45. The Morgan fingerprint density at radius 3 is 2.83 bits per heavy atom. The molecule has 0 amide bonds. The summed E-state index contributed by atoms with van der Waals surface area (Å²) < 4.78 is 1.16. The van der Waals surface area contributed by atoms with Gasteiger partial charge >= 0.3 is 0 Å². The molecule has 3 nitrogen and oxygen atoms in total. The first-order valence-corrected chi connectivity index (χ1v) is 9.85. The predicted molar refractivity (Wildman–Crippen MR) is 105 cm³/mol. The molecule has 24 heavy (non-hydrogen) atoms. The molecule has 0 fully saturated rings. The van der Waals surface area contributed by atoms with Gasteiger partial charge in [-0.1, -0.05) is 32.1 Å². The van der Waals surface area contributed by atoms with Gasteiger partial charge in [0.1, 0.15) is 0 Å².